The smallest absolute Gasteiger partial charge is 0.225 e. The molecule has 0 aromatic heterocycles. The van der Waals surface area contributed by atoms with Gasteiger partial charge in [0.15, 0.2) is 0 Å². The van der Waals surface area contributed by atoms with E-state index in [2.05, 4.69) is 0 Å². The van der Waals surface area contributed by atoms with Gasteiger partial charge in [0.1, 0.15) is 0 Å². The van der Waals surface area contributed by atoms with Gasteiger partial charge in [-0.25, -0.2) is 0 Å². The van der Waals surface area contributed by atoms with Gasteiger partial charge in [-0.1, -0.05) is 0 Å². The van der Waals surface area contributed by atoms with Crippen LogP contribution in [0.25, 0.3) is 0 Å². The van der Waals surface area contributed by atoms with E-state index >= 15 is 0 Å². The predicted octanol–water partition coefficient (Wildman–Crippen LogP) is 2.18. The highest BCUT2D eigenvalue weighted by atomic mass is 35.5. The van der Waals surface area contributed by atoms with Crippen molar-refractivity contribution in [3.63, 3.8) is 0 Å². The zero-order valence-corrected chi connectivity index (χ0v) is 8.52. The van der Waals surface area contributed by atoms with Crippen LogP contribution in [0, 0.1) is 23.7 Å². The van der Waals surface area contributed by atoms with Crippen molar-refractivity contribution in [2.24, 2.45) is 23.7 Å². The highest BCUT2D eigenvalue weighted by Crippen LogP contribution is 2.53. The van der Waals surface area contributed by atoms with Crippen LogP contribution in [0.15, 0.2) is 0 Å². The molecule has 0 aromatic rings. The van der Waals surface area contributed by atoms with Crippen LogP contribution in [-0.4, -0.2) is 10.5 Å². The number of hydrogen-bond acceptors (Lipinski definition) is 2. The molecule has 2 fully saturated rings. The van der Waals surface area contributed by atoms with Gasteiger partial charge in [-0.2, -0.15) is 0 Å². The van der Waals surface area contributed by atoms with E-state index in [4.69, 9.17) is 23.2 Å². The van der Waals surface area contributed by atoms with Crippen LogP contribution >= 0.6 is 23.2 Å². The first-order valence-electron chi connectivity index (χ1n) is 4.50. The fraction of sp³-hybridized carbons (Fsp3) is 0.778. The summed E-state index contributed by atoms with van der Waals surface area (Å²) in [5.74, 6) is 0.0150. The average Bonchev–Trinajstić information content (AvgIpc) is 2.60. The van der Waals surface area contributed by atoms with Crippen molar-refractivity contribution in [3.8, 4) is 0 Å². The van der Waals surface area contributed by atoms with Crippen LogP contribution in [0.5, 0.6) is 0 Å². The van der Waals surface area contributed by atoms with Gasteiger partial charge in [0.05, 0.1) is 0 Å². The average molecular weight is 221 g/mol. The first-order chi connectivity index (χ1) is 6.11. The van der Waals surface area contributed by atoms with E-state index in [1.54, 1.807) is 0 Å². The van der Waals surface area contributed by atoms with Gasteiger partial charge in [0.2, 0.25) is 10.5 Å². The van der Waals surface area contributed by atoms with Gasteiger partial charge < -0.3 is 0 Å². The molecule has 0 radical (unpaired) electrons. The van der Waals surface area contributed by atoms with E-state index in [0.29, 0.717) is 11.8 Å². The third-order valence-corrected chi connectivity index (χ3v) is 3.94. The Hall–Kier alpha value is -0.0800. The van der Waals surface area contributed by atoms with Crippen molar-refractivity contribution < 1.29 is 9.59 Å². The van der Waals surface area contributed by atoms with Gasteiger partial charge in [-0.15, -0.1) is 0 Å². The highest BCUT2D eigenvalue weighted by Gasteiger charge is 2.52. The zero-order valence-electron chi connectivity index (χ0n) is 7.00. The molecule has 0 heterocycles. The van der Waals surface area contributed by atoms with Crippen molar-refractivity contribution in [1.29, 1.82) is 0 Å². The summed E-state index contributed by atoms with van der Waals surface area (Å²) in [4.78, 5) is 22.2. The third-order valence-electron chi connectivity index (χ3n) is 3.44. The monoisotopic (exact) mass is 220 g/mol. The molecule has 0 unspecified atom stereocenters. The van der Waals surface area contributed by atoms with Crippen molar-refractivity contribution in [1.82, 2.24) is 0 Å². The second-order valence-corrected chi connectivity index (χ2v) is 4.74. The maximum atomic E-state index is 11.1. The van der Waals surface area contributed by atoms with Gasteiger partial charge in [-0.05, 0) is 54.3 Å². The minimum absolute atomic E-state index is 0.301. The summed E-state index contributed by atoms with van der Waals surface area (Å²) in [6, 6.07) is 0. The maximum Gasteiger partial charge on any atom is 0.225 e. The molecule has 0 aliphatic heterocycles. The minimum Gasteiger partial charge on any atom is -0.281 e. The van der Waals surface area contributed by atoms with Crippen molar-refractivity contribution >= 4 is 33.7 Å². The van der Waals surface area contributed by atoms with E-state index < -0.39 is 0 Å². The van der Waals surface area contributed by atoms with E-state index in [-0.39, 0.29) is 22.3 Å². The molecule has 2 nitrogen and oxygen atoms in total. The lowest BCUT2D eigenvalue weighted by atomic mass is 9.81. The number of carbonyl (C=O) groups excluding carboxylic acids is 2. The molecule has 0 amide bonds. The van der Waals surface area contributed by atoms with Gasteiger partial charge >= 0.3 is 0 Å². The molecule has 2 bridgehead atoms. The van der Waals surface area contributed by atoms with Crippen LogP contribution < -0.4 is 0 Å². The zero-order chi connectivity index (χ0) is 9.59. The number of carbonyl (C=O) groups is 2. The number of rotatable bonds is 2. The normalized spacial score (nSPS) is 42.3. The minimum atomic E-state index is -0.383. The van der Waals surface area contributed by atoms with Crippen molar-refractivity contribution in [3.05, 3.63) is 0 Å². The van der Waals surface area contributed by atoms with Gasteiger partial charge in [0.25, 0.3) is 0 Å². The summed E-state index contributed by atoms with van der Waals surface area (Å²) in [7, 11) is 0. The highest BCUT2D eigenvalue weighted by molar-refractivity contribution is 6.66. The van der Waals surface area contributed by atoms with E-state index in [0.717, 1.165) is 19.3 Å². The van der Waals surface area contributed by atoms with Crippen molar-refractivity contribution in [2.45, 2.75) is 19.3 Å². The van der Waals surface area contributed by atoms with Gasteiger partial charge in [-0.3, -0.25) is 9.59 Å². The van der Waals surface area contributed by atoms with Crippen LogP contribution in [0.2, 0.25) is 0 Å². The molecular formula is C9H10Cl2O2. The fourth-order valence-corrected chi connectivity index (χ4v) is 3.57. The number of fused-ring (bicyclic) bond motifs is 2. The summed E-state index contributed by atoms with van der Waals surface area (Å²) < 4.78 is 0. The van der Waals surface area contributed by atoms with E-state index in [9.17, 15) is 9.59 Å². The van der Waals surface area contributed by atoms with Crippen LogP contribution in [0.4, 0.5) is 0 Å². The number of halogens is 2. The Kier molecular flexibility index (Phi) is 2.37. The Bertz CT molecular complexity index is 238. The van der Waals surface area contributed by atoms with E-state index in [1.807, 2.05) is 0 Å². The Morgan fingerprint density at radius 1 is 0.923 bits per heavy atom. The lowest BCUT2D eigenvalue weighted by Crippen LogP contribution is -2.30. The summed E-state index contributed by atoms with van der Waals surface area (Å²) in [5.41, 5.74) is 0. The fourth-order valence-electron chi connectivity index (χ4n) is 2.94. The second kappa shape index (κ2) is 3.25. The molecule has 2 aliphatic carbocycles. The first-order valence-corrected chi connectivity index (χ1v) is 5.25. The molecule has 2 saturated carbocycles. The molecule has 2 rings (SSSR count). The Labute approximate surface area is 86.6 Å². The maximum absolute atomic E-state index is 11.1. The van der Waals surface area contributed by atoms with Crippen LogP contribution in [-0.2, 0) is 9.59 Å². The molecule has 2 aliphatic rings. The van der Waals surface area contributed by atoms with E-state index in [1.165, 1.54) is 0 Å². The molecule has 4 heteroatoms. The Balaban J connectivity index is 2.24. The Morgan fingerprint density at radius 3 is 1.62 bits per heavy atom. The van der Waals surface area contributed by atoms with Crippen molar-refractivity contribution in [2.75, 3.05) is 0 Å². The molecule has 13 heavy (non-hydrogen) atoms. The molecule has 0 aromatic carbocycles. The van der Waals surface area contributed by atoms with Gasteiger partial charge in [0, 0.05) is 11.8 Å². The Morgan fingerprint density at radius 2 is 1.31 bits per heavy atom. The summed E-state index contributed by atoms with van der Waals surface area (Å²) in [6.07, 6.45) is 3.00. The summed E-state index contributed by atoms with van der Waals surface area (Å²) >= 11 is 10.9. The lowest BCUT2D eigenvalue weighted by molar-refractivity contribution is -0.125. The molecule has 0 N–H and O–H groups in total. The molecule has 72 valence electrons. The topological polar surface area (TPSA) is 34.1 Å². The molecule has 0 saturated heterocycles. The summed E-state index contributed by atoms with van der Waals surface area (Å²) in [5, 5.41) is -0.766. The quantitative estimate of drug-likeness (QED) is 0.669. The second-order valence-electron chi connectivity index (χ2n) is 3.99. The molecular weight excluding hydrogens is 211 g/mol. The molecule has 4 atom stereocenters. The summed E-state index contributed by atoms with van der Waals surface area (Å²) in [6.45, 7) is 0. The standard InChI is InChI=1S/C9H10Cl2O2/c10-8(12)6-4-1-2-5(3-4)7(6)9(11)13/h4-7H,1-3H2/t4-,5+,6-,7+. The van der Waals surface area contributed by atoms with Crippen LogP contribution in [0.1, 0.15) is 19.3 Å². The largest absolute Gasteiger partial charge is 0.281 e. The first kappa shape index (κ1) is 9.47. The predicted molar refractivity (Wildman–Crippen MR) is 49.5 cm³/mol. The SMILES string of the molecule is O=C(Cl)[C@@H]1[C@@H]2CC[C@@H](C2)[C@@H]1C(=O)Cl. The third kappa shape index (κ3) is 1.40. The number of hydrogen-bond donors (Lipinski definition) is 0. The van der Waals surface area contributed by atoms with Crippen LogP contribution in [0.3, 0.4) is 0 Å². The lowest BCUT2D eigenvalue weighted by Gasteiger charge is -2.24. The molecule has 0 spiro atoms.